The van der Waals surface area contributed by atoms with Crippen molar-refractivity contribution in [3.8, 4) is 5.75 Å². The molecule has 0 heterocycles. The lowest BCUT2D eigenvalue weighted by Gasteiger charge is -2.28. The van der Waals surface area contributed by atoms with Gasteiger partial charge < -0.3 is 90.0 Å². The fourth-order valence-electron chi connectivity index (χ4n) is 7.17. The van der Waals surface area contributed by atoms with E-state index in [9.17, 15) is 88.2 Å². The molecule has 2 aromatic rings. The van der Waals surface area contributed by atoms with Crippen molar-refractivity contribution in [1.29, 1.82) is 0 Å². The van der Waals surface area contributed by atoms with Crippen LogP contribution in [0, 0.1) is 11.8 Å². The van der Waals surface area contributed by atoms with Gasteiger partial charge in [-0.1, -0.05) is 76.6 Å². The molecule has 0 saturated carbocycles. The third-order valence-electron chi connectivity index (χ3n) is 11.9. The number of hydrogen-bond acceptors (Lipinski definition) is 17. The van der Waals surface area contributed by atoms with Crippen molar-refractivity contribution in [2.75, 3.05) is 26.4 Å². The van der Waals surface area contributed by atoms with Gasteiger partial charge in [-0.15, -0.1) is 0 Å². The number of primary amides is 1. The number of nitrogens with one attached hydrogen (secondary N) is 9. The molecule has 430 valence electrons. The summed E-state index contributed by atoms with van der Waals surface area (Å²) >= 11 is 0. The molecule has 0 fully saturated rings. The zero-order valence-electron chi connectivity index (χ0n) is 43.4. The highest BCUT2D eigenvalue weighted by Crippen LogP contribution is 2.14. The first-order chi connectivity index (χ1) is 36.7. The highest BCUT2D eigenvalue weighted by atomic mass is 16.4. The first-order valence-corrected chi connectivity index (χ1v) is 24.6. The van der Waals surface area contributed by atoms with Crippen molar-refractivity contribution < 1.29 is 88.2 Å². The Balaban J connectivity index is 2.36. The molecule has 0 aliphatic heterocycles. The van der Waals surface area contributed by atoms with Gasteiger partial charge in [0.1, 0.15) is 60.1 Å². The average Bonchev–Trinajstić information content (AvgIpc) is 3.40. The van der Waals surface area contributed by atoms with Crippen molar-refractivity contribution in [3.63, 3.8) is 0 Å². The summed E-state index contributed by atoms with van der Waals surface area (Å²) in [6.07, 6.45) is -2.41. The lowest BCUT2D eigenvalue weighted by atomic mass is 9.99. The number of hydrogen-bond donors (Lipinski definition) is 17. The van der Waals surface area contributed by atoms with Gasteiger partial charge in [-0.05, 0) is 41.5 Å². The van der Waals surface area contributed by atoms with Crippen LogP contribution in [0.25, 0.3) is 0 Å². The highest BCUT2D eigenvalue weighted by Gasteiger charge is 2.36. The number of aliphatic carboxylic acids is 2. The van der Waals surface area contributed by atoms with Gasteiger partial charge in [0.25, 0.3) is 0 Å². The van der Waals surface area contributed by atoms with Crippen LogP contribution in [0.4, 0.5) is 0 Å². The lowest BCUT2D eigenvalue weighted by molar-refractivity contribution is -0.144. The molecular formula is C49H71N11O18. The quantitative estimate of drug-likeness (QED) is 0.0310. The molecule has 0 aliphatic carbocycles. The molecular weight excluding hydrogens is 1030 g/mol. The molecule has 0 bridgehead atoms. The molecule has 2 aromatic carbocycles. The molecule has 0 saturated heterocycles. The third kappa shape index (κ3) is 22.5. The van der Waals surface area contributed by atoms with Crippen LogP contribution in [-0.2, 0) is 70.4 Å². The van der Waals surface area contributed by atoms with Gasteiger partial charge in [-0.3, -0.25) is 52.7 Å². The number of aromatic hydroxyl groups is 1. The number of carbonyl (C=O) groups excluding carboxylic acids is 10. The molecule has 78 heavy (non-hydrogen) atoms. The van der Waals surface area contributed by atoms with Gasteiger partial charge in [0.05, 0.1) is 32.8 Å². The van der Waals surface area contributed by atoms with E-state index < -0.39 is 189 Å². The maximum atomic E-state index is 14.2. The number of aliphatic hydroxyl groups excluding tert-OH is 3. The van der Waals surface area contributed by atoms with E-state index in [1.54, 1.807) is 44.2 Å². The van der Waals surface area contributed by atoms with E-state index in [1.807, 2.05) is 0 Å². The third-order valence-corrected chi connectivity index (χ3v) is 11.9. The number of nitrogens with two attached hydrogens (primary N) is 2. The standard InChI is InChI=1S/C49H71N11O18/c1-5-25(4)40(49(77)78)60-47(75)34(22-62)53-37(66)20-52-48(76)39(24(2)3)59-42(70)30(15-16-38(67)68)54-43(71)32(18-27-11-13-28(64)14-12-27)56-46(74)35(23-63)58-45(73)33(19-36(51)65)57-44(72)31(55-41(69)29(50)21-61)17-26-9-7-6-8-10-26/h6-14,24-25,29-35,39-40,61-64H,5,15-23,50H2,1-4H3,(H2,51,65)(H,52,76)(H,53,66)(H,54,71)(H,55,69)(H,56,74)(H,57,72)(H,58,73)(H,59,70)(H,60,75)(H,67,68)(H,77,78)/t25-,29-,30-,31-,32-,33-,34-,35-,39-,40-/m0/s1. The van der Waals surface area contributed by atoms with E-state index in [-0.39, 0.29) is 17.7 Å². The van der Waals surface area contributed by atoms with Crippen LogP contribution in [0.3, 0.4) is 0 Å². The predicted octanol–water partition coefficient (Wildman–Crippen LogP) is -6.00. The molecule has 29 nitrogen and oxygen atoms in total. The number of amides is 10. The first-order valence-electron chi connectivity index (χ1n) is 24.6. The Morgan fingerprint density at radius 1 is 0.526 bits per heavy atom. The summed E-state index contributed by atoms with van der Waals surface area (Å²) in [4.78, 5) is 156. The summed E-state index contributed by atoms with van der Waals surface area (Å²) in [5.41, 5.74) is 11.8. The summed E-state index contributed by atoms with van der Waals surface area (Å²) in [5.74, 6) is -15.1. The Labute approximate surface area is 447 Å². The molecule has 0 unspecified atom stereocenters. The molecule has 29 heteroatoms. The van der Waals surface area contributed by atoms with E-state index in [2.05, 4.69) is 47.9 Å². The Bertz CT molecular complexity index is 2410. The smallest absolute Gasteiger partial charge is 0.326 e. The van der Waals surface area contributed by atoms with Gasteiger partial charge >= 0.3 is 11.9 Å². The SMILES string of the molecule is CC[C@H](C)[C@H](NC(=O)[C@H](CO)NC(=O)CNC(=O)[C@@H](NC(=O)[C@H](CCC(=O)O)NC(=O)[C@H](Cc1ccc(O)cc1)NC(=O)[C@H](CO)NC(=O)[C@H](CC(N)=O)NC(=O)[C@H](Cc1ccccc1)NC(=O)[C@@H](N)CO)C(C)C)C(=O)O. The predicted molar refractivity (Wildman–Crippen MR) is 272 cm³/mol. The molecule has 10 atom stereocenters. The van der Waals surface area contributed by atoms with Crippen LogP contribution in [0.5, 0.6) is 5.75 Å². The number of rotatable bonds is 34. The van der Waals surface area contributed by atoms with Crippen molar-refractivity contribution >= 4 is 71.0 Å². The van der Waals surface area contributed by atoms with Crippen molar-refractivity contribution in [2.24, 2.45) is 23.3 Å². The van der Waals surface area contributed by atoms with Crippen LogP contribution >= 0.6 is 0 Å². The van der Waals surface area contributed by atoms with E-state index in [1.165, 1.54) is 38.1 Å². The first kappa shape index (κ1) is 65.8. The second-order valence-electron chi connectivity index (χ2n) is 18.4. The molecule has 19 N–H and O–H groups in total. The number of carbonyl (C=O) groups is 12. The van der Waals surface area contributed by atoms with Gasteiger partial charge in [0.2, 0.25) is 59.1 Å². The fraction of sp³-hybridized carbons (Fsp3) is 0.510. The molecule has 0 aliphatic rings. The number of phenols is 1. The molecule has 2 rings (SSSR count). The highest BCUT2D eigenvalue weighted by molar-refractivity contribution is 5.99. The van der Waals surface area contributed by atoms with Crippen LogP contribution in [0.15, 0.2) is 54.6 Å². The van der Waals surface area contributed by atoms with Gasteiger partial charge in [-0.2, -0.15) is 0 Å². The van der Waals surface area contributed by atoms with Crippen LogP contribution in [0.1, 0.15) is 64.5 Å². The van der Waals surface area contributed by atoms with Gasteiger partial charge in [0, 0.05) is 19.3 Å². The van der Waals surface area contributed by atoms with Gasteiger partial charge in [-0.25, -0.2) is 4.79 Å². The molecule has 0 spiro atoms. The minimum atomic E-state index is -1.94. The summed E-state index contributed by atoms with van der Waals surface area (Å²) in [7, 11) is 0. The minimum Gasteiger partial charge on any atom is -0.508 e. The normalized spacial score (nSPS) is 14.8. The van der Waals surface area contributed by atoms with Crippen molar-refractivity contribution in [2.45, 2.75) is 121 Å². The van der Waals surface area contributed by atoms with E-state index in [0.717, 1.165) is 0 Å². The summed E-state index contributed by atoms with van der Waals surface area (Å²) in [6.45, 7) is 2.52. The van der Waals surface area contributed by atoms with Gasteiger partial charge in [0.15, 0.2) is 0 Å². The van der Waals surface area contributed by atoms with E-state index in [4.69, 9.17) is 11.5 Å². The number of carboxylic acids is 2. The number of carboxylic acid groups (broad SMARTS) is 2. The maximum Gasteiger partial charge on any atom is 0.326 e. The number of benzene rings is 2. The Kier molecular flexibility index (Phi) is 27.9. The van der Waals surface area contributed by atoms with Crippen LogP contribution < -0.4 is 59.3 Å². The Morgan fingerprint density at radius 2 is 0.974 bits per heavy atom. The summed E-state index contributed by atoms with van der Waals surface area (Å²) < 4.78 is 0. The Morgan fingerprint density at radius 3 is 1.47 bits per heavy atom. The summed E-state index contributed by atoms with van der Waals surface area (Å²) in [5, 5.41) is 79.1. The van der Waals surface area contributed by atoms with Crippen LogP contribution in [-0.4, -0.2) is 182 Å². The second-order valence-corrected chi connectivity index (χ2v) is 18.4. The fourth-order valence-corrected chi connectivity index (χ4v) is 7.17. The molecule has 0 radical (unpaired) electrons. The zero-order valence-corrected chi connectivity index (χ0v) is 43.4. The average molecular weight is 1100 g/mol. The monoisotopic (exact) mass is 1100 g/mol. The molecule has 10 amide bonds. The maximum absolute atomic E-state index is 14.2. The lowest BCUT2D eigenvalue weighted by Crippen LogP contribution is -2.61. The number of aliphatic hydroxyl groups is 3. The van der Waals surface area contributed by atoms with E-state index >= 15 is 0 Å². The van der Waals surface area contributed by atoms with Crippen molar-refractivity contribution in [3.05, 3.63) is 65.7 Å². The van der Waals surface area contributed by atoms with E-state index in [0.29, 0.717) is 12.0 Å². The number of phenolic OH excluding ortho intramolecular Hbond substituents is 1. The van der Waals surface area contributed by atoms with Crippen LogP contribution in [0.2, 0.25) is 0 Å². The summed E-state index contributed by atoms with van der Waals surface area (Å²) in [6, 6.07) is -1.18. The second kappa shape index (κ2) is 33.0. The topological polar surface area (TPSA) is 487 Å². The van der Waals surface area contributed by atoms with Crippen molar-refractivity contribution in [1.82, 2.24) is 47.9 Å². The minimum absolute atomic E-state index is 0.170. The molecule has 0 aromatic heterocycles. The Hall–Kier alpha value is -8.28. The largest absolute Gasteiger partial charge is 0.508 e. The zero-order chi connectivity index (χ0) is 58.8.